The number of carbonyl (C=O) groups excluding carboxylic acids is 1. The first-order chi connectivity index (χ1) is 10.2. The van der Waals surface area contributed by atoms with Crippen LogP contribution in [0, 0.1) is 5.92 Å². The summed E-state index contributed by atoms with van der Waals surface area (Å²) in [6.07, 6.45) is 9.26. The second kappa shape index (κ2) is 7.98. The largest absolute Gasteiger partial charge is 0.494 e. The van der Waals surface area contributed by atoms with Gasteiger partial charge in [0.2, 0.25) is 0 Å². The molecule has 2 rings (SSSR count). The maximum absolute atomic E-state index is 12.0. The molecule has 1 aliphatic rings. The topological polar surface area (TPSA) is 60.5 Å². The van der Waals surface area contributed by atoms with Gasteiger partial charge in [-0.2, -0.15) is 0 Å². The SMILES string of the molecule is CCC1CCCCC1OCC(=O)Nc1cnccc1OC. The van der Waals surface area contributed by atoms with E-state index in [1.54, 1.807) is 25.6 Å². The minimum Gasteiger partial charge on any atom is -0.494 e. The number of carbonyl (C=O) groups is 1. The van der Waals surface area contributed by atoms with E-state index in [9.17, 15) is 4.79 Å². The maximum Gasteiger partial charge on any atom is 0.250 e. The highest BCUT2D eigenvalue weighted by atomic mass is 16.5. The highest BCUT2D eigenvalue weighted by Crippen LogP contribution is 2.29. The summed E-state index contributed by atoms with van der Waals surface area (Å²) in [7, 11) is 1.56. The van der Waals surface area contributed by atoms with Crippen LogP contribution in [0.4, 0.5) is 5.69 Å². The van der Waals surface area contributed by atoms with Crippen LogP contribution in [0.5, 0.6) is 5.75 Å². The molecule has 0 bridgehead atoms. The summed E-state index contributed by atoms with van der Waals surface area (Å²) in [5.74, 6) is 1.02. The van der Waals surface area contributed by atoms with E-state index < -0.39 is 0 Å². The number of pyridine rings is 1. The third kappa shape index (κ3) is 4.43. The molecule has 1 saturated carbocycles. The predicted octanol–water partition coefficient (Wildman–Crippen LogP) is 3.01. The molecule has 0 aliphatic heterocycles. The van der Waals surface area contributed by atoms with Gasteiger partial charge in [-0.15, -0.1) is 0 Å². The molecule has 116 valence electrons. The van der Waals surface area contributed by atoms with Gasteiger partial charge in [-0.05, 0) is 18.8 Å². The van der Waals surface area contributed by atoms with Crippen LogP contribution in [-0.4, -0.2) is 30.7 Å². The van der Waals surface area contributed by atoms with Gasteiger partial charge in [0.15, 0.2) is 0 Å². The van der Waals surface area contributed by atoms with Gasteiger partial charge >= 0.3 is 0 Å². The molecule has 1 aliphatic carbocycles. The lowest BCUT2D eigenvalue weighted by Gasteiger charge is -2.30. The Morgan fingerprint density at radius 2 is 2.24 bits per heavy atom. The standard InChI is InChI=1S/C16H24N2O3/c1-3-12-6-4-5-7-14(12)21-11-16(19)18-13-10-17-9-8-15(13)20-2/h8-10,12,14H,3-7,11H2,1-2H3,(H,18,19). The summed E-state index contributed by atoms with van der Waals surface area (Å²) >= 11 is 0. The van der Waals surface area contributed by atoms with Crippen LogP contribution in [0.25, 0.3) is 0 Å². The van der Waals surface area contributed by atoms with Crippen LogP contribution >= 0.6 is 0 Å². The van der Waals surface area contributed by atoms with E-state index in [4.69, 9.17) is 9.47 Å². The number of nitrogens with one attached hydrogen (secondary N) is 1. The lowest BCUT2D eigenvalue weighted by atomic mass is 9.85. The van der Waals surface area contributed by atoms with Crippen LogP contribution in [0.2, 0.25) is 0 Å². The molecular weight excluding hydrogens is 268 g/mol. The Kier molecular flexibility index (Phi) is 5.99. The van der Waals surface area contributed by atoms with Gasteiger partial charge in [-0.3, -0.25) is 9.78 Å². The summed E-state index contributed by atoms with van der Waals surface area (Å²) in [5.41, 5.74) is 0.573. The molecule has 0 saturated heterocycles. The van der Waals surface area contributed by atoms with Crippen LogP contribution in [-0.2, 0) is 9.53 Å². The third-order valence-corrected chi connectivity index (χ3v) is 4.07. The van der Waals surface area contributed by atoms with Gasteiger partial charge in [0.1, 0.15) is 18.0 Å². The molecule has 0 aromatic carbocycles. The molecule has 1 amide bonds. The Balaban J connectivity index is 1.84. The molecule has 1 aromatic heterocycles. The predicted molar refractivity (Wildman–Crippen MR) is 81.4 cm³/mol. The van der Waals surface area contributed by atoms with Crippen molar-refractivity contribution in [2.75, 3.05) is 19.0 Å². The van der Waals surface area contributed by atoms with Crippen molar-refractivity contribution in [2.24, 2.45) is 5.92 Å². The van der Waals surface area contributed by atoms with Gasteiger partial charge in [-0.25, -0.2) is 0 Å². The van der Waals surface area contributed by atoms with E-state index in [0.717, 1.165) is 12.8 Å². The third-order valence-electron chi connectivity index (χ3n) is 4.07. The first-order valence-electron chi connectivity index (χ1n) is 7.64. The Bertz CT molecular complexity index is 465. The van der Waals surface area contributed by atoms with E-state index >= 15 is 0 Å². The first-order valence-corrected chi connectivity index (χ1v) is 7.64. The first kappa shape index (κ1) is 15.8. The fraction of sp³-hybridized carbons (Fsp3) is 0.625. The molecule has 1 N–H and O–H groups in total. The number of amides is 1. The number of aromatic nitrogens is 1. The van der Waals surface area contributed by atoms with Crippen molar-refractivity contribution in [2.45, 2.75) is 45.1 Å². The maximum atomic E-state index is 12.0. The number of methoxy groups -OCH3 is 1. The van der Waals surface area contributed by atoms with E-state index in [2.05, 4.69) is 17.2 Å². The molecule has 0 spiro atoms. The molecule has 5 heteroatoms. The fourth-order valence-corrected chi connectivity index (χ4v) is 2.88. The number of rotatable bonds is 6. The highest BCUT2D eigenvalue weighted by Gasteiger charge is 2.24. The van der Waals surface area contributed by atoms with Crippen molar-refractivity contribution in [1.29, 1.82) is 0 Å². The van der Waals surface area contributed by atoms with Gasteiger partial charge < -0.3 is 14.8 Å². The molecule has 1 aromatic rings. The second-order valence-corrected chi connectivity index (χ2v) is 5.43. The van der Waals surface area contributed by atoms with Crippen molar-refractivity contribution < 1.29 is 14.3 Å². The fourth-order valence-electron chi connectivity index (χ4n) is 2.88. The van der Waals surface area contributed by atoms with E-state index in [-0.39, 0.29) is 18.6 Å². The molecule has 1 heterocycles. The number of nitrogens with zero attached hydrogens (tertiary/aromatic N) is 1. The average Bonchev–Trinajstić information content (AvgIpc) is 2.53. The van der Waals surface area contributed by atoms with Crippen LogP contribution in [0.3, 0.4) is 0 Å². The van der Waals surface area contributed by atoms with Crippen LogP contribution < -0.4 is 10.1 Å². The monoisotopic (exact) mass is 292 g/mol. The Labute approximate surface area is 126 Å². The summed E-state index contributed by atoms with van der Waals surface area (Å²) in [6, 6.07) is 1.71. The van der Waals surface area contributed by atoms with Crippen LogP contribution in [0.15, 0.2) is 18.5 Å². The summed E-state index contributed by atoms with van der Waals surface area (Å²) in [5, 5.41) is 2.78. The molecule has 5 nitrogen and oxygen atoms in total. The van der Waals surface area contributed by atoms with Crippen molar-refractivity contribution in [3.63, 3.8) is 0 Å². The van der Waals surface area contributed by atoms with Gasteiger partial charge in [-0.1, -0.05) is 26.2 Å². The minimum atomic E-state index is -0.165. The van der Waals surface area contributed by atoms with Gasteiger partial charge in [0.25, 0.3) is 5.91 Å². The molecule has 2 unspecified atom stereocenters. The van der Waals surface area contributed by atoms with Gasteiger partial charge in [0, 0.05) is 12.3 Å². The molecule has 21 heavy (non-hydrogen) atoms. The molecular formula is C16H24N2O3. The Hall–Kier alpha value is -1.62. The second-order valence-electron chi connectivity index (χ2n) is 5.43. The van der Waals surface area contributed by atoms with Crippen molar-refractivity contribution in [3.8, 4) is 5.75 Å². The molecule has 1 fully saturated rings. The summed E-state index contributed by atoms with van der Waals surface area (Å²) in [6.45, 7) is 2.27. The Morgan fingerprint density at radius 3 is 3.00 bits per heavy atom. The van der Waals surface area contributed by atoms with E-state index in [0.29, 0.717) is 17.4 Å². The minimum absolute atomic E-state index is 0.0826. The van der Waals surface area contributed by atoms with Crippen molar-refractivity contribution >= 4 is 11.6 Å². The Morgan fingerprint density at radius 1 is 1.43 bits per heavy atom. The average molecular weight is 292 g/mol. The summed E-state index contributed by atoms with van der Waals surface area (Å²) < 4.78 is 11.0. The van der Waals surface area contributed by atoms with Crippen LogP contribution in [0.1, 0.15) is 39.0 Å². The number of ether oxygens (including phenoxy) is 2. The zero-order valence-corrected chi connectivity index (χ0v) is 12.8. The lowest BCUT2D eigenvalue weighted by Crippen LogP contribution is -2.31. The number of hydrogen-bond acceptors (Lipinski definition) is 4. The van der Waals surface area contributed by atoms with E-state index in [1.807, 2.05) is 0 Å². The van der Waals surface area contributed by atoms with Crippen molar-refractivity contribution in [1.82, 2.24) is 4.98 Å². The van der Waals surface area contributed by atoms with Crippen molar-refractivity contribution in [3.05, 3.63) is 18.5 Å². The quantitative estimate of drug-likeness (QED) is 0.875. The normalized spacial score (nSPS) is 21.8. The number of hydrogen-bond donors (Lipinski definition) is 1. The highest BCUT2D eigenvalue weighted by molar-refractivity contribution is 5.92. The smallest absolute Gasteiger partial charge is 0.250 e. The van der Waals surface area contributed by atoms with Gasteiger partial charge in [0.05, 0.1) is 19.4 Å². The summed E-state index contributed by atoms with van der Waals surface area (Å²) in [4.78, 5) is 16.0. The van der Waals surface area contributed by atoms with E-state index in [1.165, 1.54) is 19.3 Å². The molecule has 0 radical (unpaired) electrons. The number of anilines is 1. The zero-order chi connectivity index (χ0) is 15.1. The lowest BCUT2D eigenvalue weighted by molar-refractivity contribution is -0.124. The molecule has 2 atom stereocenters. The zero-order valence-electron chi connectivity index (χ0n) is 12.8.